The van der Waals surface area contributed by atoms with Gasteiger partial charge in [-0.1, -0.05) is 13.0 Å². The van der Waals surface area contributed by atoms with Gasteiger partial charge in [-0.3, -0.25) is 9.98 Å². The van der Waals surface area contributed by atoms with Gasteiger partial charge in [0.2, 0.25) is 0 Å². The van der Waals surface area contributed by atoms with Crippen LogP contribution in [-0.4, -0.2) is 54.6 Å². The topological polar surface area (TPSA) is 52.5 Å². The largest absolute Gasteiger partial charge is 0.357 e. The lowest BCUT2D eigenvalue weighted by molar-refractivity contribution is 0.206. The van der Waals surface area contributed by atoms with Crippen LogP contribution in [0.25, 0.3) is 0 Å². The van der Waals surface area contributed by atoms with E-state index < -0.39 is 0 Å². The number of hydrogen-bond acceptors (Lipinski definition) is 3. The van der Waals surface area contributed by atoms with Crippen molar-refractivity contribution >= 4 is 5.96 Å². The maximum Gasteiger partial charge on any atom is 0.191 e. The number of guanidine groups is 1. The molecule has 2 rings (SSSR count). The number of nitrogens with one attached hydrogen (secondary N) is 2. The average Bonchev–Trinajstić information content (AvgIpc) is 2.58. The van der Waals surface area contributed by atoms with Crippen LogP contribution in [0.5, 0.6) is 0 Å². The Morgan fingerprint density at radius 2 is 2.17 bits per heavy atom. The number of likely N-dealkylation sites (tertiary alicyclic amines) is 1. The molecule has 0 atom stereocenters. The van der Waals surface area contributed by atoms with E-state index in [4.69, 9.17) is 4.99 Å². The Bertz CT molecular complexity index is 452. The van der Waals surface area contributed by atoms with Gasteiger partial charge in [-0.2, -0.15) is 0 Å². The molecular formula is C18H31N5. The van der Waals surface area contributed by atoms with E-state index in [2.05, 4.69) is 40.4 Å². The lowest BCUT2D eigenvalue weighted by Crippen LogP contribution is -2.48. The fraction of sp³-hybridized carbons (Fsp3) is 0.667. The predicted molar refractivity (Wildman–Crippen MR) is 96.8 cm³/mol. The lowest BCUT2D eigenvalue weighted by atomic mass is 10.1. The molecule has 1 aromatic rings. The molecule has 1 aliphatic rings. The summed E-state index contributed by atoms with van der Waals surface area (Å²) < 4.78 is 0. The van der Waals surface area contributed by atoms with Gasteiger partial charge in [-0.15, -0.1) is 0 Å². The van der Waals surface area contributed by atoms with E-state index in [0.717, 1.165) is 25.5 Å². The van der Waals surface area contributed by atoms with Gasteiger partial charge in [0.05, 0.1) is 0 Å². The highest BCUT2D eigenvalue weighted by Crippen LogP contribution is 2.10. The Labute approximate surface area is 140 Å². The van der Waals surface area contributed by atoms with Gasteiger partial charge in [-0.05, 0) is 50.8 Å². The van der Waals surface area contributed by atoms with Crippen molar-refractivity contribution in [3.8, 4) is 0 Å². The van der Waals surface area contributed by atoms with Crippen molar-refractivity contribution < 1.29 is 0 Å². The number of rotatable bonds is 7. The van der Waals surface area contributed by atoms with Gasteiger partial charge in [0.25, 0.3) is 0 Å². The monoisotopic (exact) mass is 317 g/mol. The molecule has 0 aromatic carbocycles. The SMILES string of the molecule is CCCN1CCC(NC(=NCCc2cccnc2)NCC)CC1. The third-order valence-corrected chi connectivity index (χ3v) is 4.21. The third-order valence-electron chi connectivity index (χ3n) is 4.21. The molecule has 23 heavy (non-hydrogen) atoms. The molecule has 2 N–H and O–H groups in total. The Morgan fingerprint density at radius 3 is 2.83 bits per heavy atom. The maximum atomic E-state index is 4.71. The van der Waals surface area contributed by atoms with Crippen molar-refractivity contribution in [2.75, 3.05) is 32.7 Å². The Morgan fingerprint density at radius 1 is 1.35 bits per heavy atom. The van der Waals surface area contributed by atoms with Gasteiger partial charge >= 0.3 is 0 Å². The molecule has 0 amide bonds. The van der Waals surface area contributed by atoms with Crippen LogP contribution < -0.4 is 10.6 Å². The van der Waals surface area contributed by atoms with Gasteiger partial charge in [-0.25, -0.2) is 0 Å². The fourth-order valence-electron chi connectivity index (χ4n) is 2.97. The first-order chi connectivity index (χ1) is 11.3. The summed E-state index contributed by atoms with van der Waals surface area (Å²) >= 11 is 0. The molecule has 5 heteroatoms. The molecule has 1 saturated heterocycles. The summed E-state index contributed by atoms with van der Waals surface area (Å²) in [6, 6.07) is 4.62. The van der Waals surface area contributed by atoms with Gasteiger partial charge < -0.3 is 15.5 Å². The zero-order valence-corrected chi connectivity index (χ0v) is 14.6. The molecule has 2 heterocycles. The van der Waals surface area contributed by atoms with Crippen molar-refractivity contribution in [3.05, 3.63) is 30.1 Å². The first kappa shape index (κ1) is 17.7. The molecule has 0 spiro atoms. The molecule has 5 nitrogen and oxygen atoms in total. The van der Waals surface area contributed by atoms with Crippen LogP contribution >= 0.6 is 0 Å². The number of hydrogen-bond donors (Lipinski definition) is 2. The lowest BCUT2D eigenvalue weighted by Gasteiger charge is -2.32. The predicted octanol–water partition coefficient (Wildman–Crippen LogP) is 2.05. The number of nitrogens with zero attached hydrogens (tertiary/aromatic N) is 3. The summed E-state index contributed by atoms with van der Waals surface area (Å²) in [5, 5.41) is 6.96. The Kier molecular flexibility index (Phi) is 7.87. The second kappa shape index (κ2) is 10.2. The molecule has 1 aromatic heterocycles. The summed E-state index contributed by atoms with van der Waals surface area (Å²) in [7, 11) is 0. The average molecular weight is 317 g/mol. The standard InChI is InChI=1S/C18H31N5/c1-3-12-23-13-8-17(9-14-23)22-18(20-4-2)21-11-7-16-6-5-10-19-15-16/h5-6,10,15,17H,3-4,7-9,11-14H2,1-2H3,(H2,20,21,22). The van der Waals surface area contributed by atoms with Crippen LogP contribution in [0.3, 0.4) is 0 Å². The van der Waals surface area contributed by atoms with Crippen LogP contribution in [-0.2, 0) is 6.42 Å². The minimum atomic E-state index is 0.541. The summed E-state index contributed by atoms with van der Waals surface area (Å²) in [5.74, 6) is 0.949. The quantitative estimate of drug-likeness (QED) is 0.597. The highest BCUT2D eigenvalue weighted by Gasteiger charge is 2.19. The Balaban J connectivity index is 1.78. The minimum absolute atomic E-state index is 0.541. The van der Waals surface area contributed by atoms with Gasteiger partial charge in [0.1, 0.15) is 0 Å². The highest BCUT2D eigenvalue weighted by molar-refractivity contribution is 5.80. The van der Waals surface area contributed by atoms with Crippen molar-refractivity contribution in [2.45, 2.75) is 45.6 Å². The molecule has 0 bridgehead atoms. The van der Waals surface area contributed by atoms with Crippen LogP contribution in [0.4, 0.5) is 0 Å². The summed E-state index contributed by atoms with van der Waals surface area (Å²) in [4.78, 5) is 11.4. The number of aromatic nitrogens is 1. The molecule has 0 saturated carbocycles. The van der Waals surface area contributed by atoms with Crippen LogP contribution in [0, 0.1) is 0 Å². The van der Waals surface area contributed by atoms with E-state index >= 15 is 0 Å². The zero-order valence-electron chi connectivity index (χ0n) is 14.6. The molecule has 0 radical (unpaired) electrons. The molecule has 0 unspecified atom stereocenters. The molecular weight excluding hydrogens is 286 g/mol. The number of pyridine rings is 1. The third kappa shape index (κ3) is 6.57. The molecule has 0 aliphatic carbocycles. The van der Waals surface area contributed by atoms with E-state index in [1.807, 2.05) is 18.5 Å². The van der Waals surface area contributed by atoms with Crippen molar-refractivity contribution in [2.24, 2.45) is 4.99 Å². The normalized spacial score (nSPS) is 17.2. The zero-order chi connectivity index (χ0) is 16.3. The van der Waals surface area contributed by atoms with E-state index in [1.165, 1.54) is 44.5 Å². The summed E-state index contributed by atoms with van der Waals surface area (Å²) in [5.41, 5.74) is 1.24. The van der Waals surface area contributed by atoms with Crippen molar-refractivity contribution in [1.82, 2.24) is 20.5 Å². The molecule has 128 valence electrons. The molecule has 1 fully saturated rings. The highest BCUT2D eigenvalue weighted by atomic mass is 15.2. The van der Waals surface area contributed by atoms with Crippen LogP contribution in [0.2, 0.25) is 0 Å². The van der Waals surface area contributed by atoms with Crippen molar-refractivity contribution in [1.29, 1.82) is 0 Å². The smallest absolute Gasteiger partial charge is 0.191 e. The first-order valence-electron chi connectivity index (χ1n) is 8.98. The summed E-state index contributed by atoms with van der Waals surface area (Å²) in [6.45, 7) is 9.67. The maximum absolute atomic E-state index is 4.71. The van der Waals surface area contributed by atoms with Gasteiger partial charge in [0.15, 0.2) is 5.96 Å². The van der Waals surface area contributed by atoms with E-state index in [9.17, 15) is 0 Å². The van der Waals surface area contributed by atoms with Crippen molar-refractivity contribution in [3.63, 3.8) is 0 Å². The van der Waals surface area contributed by atoms with E-state index in [1.54, 1.807) is 0 Å². The van der Waals surface area contributed by atoms with E-state index in [0.29, 0.717) is 6.04 Å². The second-order valence-corrected chi connectivity index (χ2v) is 6.13. The molecule has 1 aliphatic heterocycles. The summed E-state index contributed by atoms with van der Waals surface area (Å²) in [6.07, 6.45) is 8.30. The first-order valence-corrected chi connectivity index (χ1v) is 8.98. The van der Waals surface area contributed by atoms with E-state index in [-0.39, 0.29) is 0 Å². The fourth-order valence-corrected chi connectivity index (χ4v) is 2.97. The number of aliphatic imine (C=N–C) groups is 1. The van der Waals surface area contributed by atoms with Crippen LogP contribution in [0.1, 0.15) is 38.7 Å². The Hall–Kier alpha value is -1.62. The van der Waals surface area contributed by atoms with Gasteiger partial charge in [0, 0.05) is 44.6 Å². The number of piperidine rings is 1. The minimum Gasteiger partial charge on any atom is -0.357 e. The van der Waals surface area contributed by atoms with Crippen LogP contribution in [0.15, 0.2) is 29.5 Å². The second-order valence-electron chi connectivity index (χ2n) is 6.13.